The van der Waals surface area contributed by atoms with Crippen LogP contribution >= 0.6 is 0 Å². The van der Waals surface area contributed by atoms with E-state index in [4.69, 9.17) is 4.74 Å². The molecule has 2 rings (SSSR count). The third-order valence-corrected chi connectivity index (χ3v) is 3.86. The predicted octanol–water partition coefficient (Wildman–Crippen LogP) is 2.23. The number of piperazine rings is 1. The zero-order valence-electron chi connectivity index (χ0n) is 12.4. The second kappa shape index (κ2) is 6.51. The molecular formula is C16H26N2O. The molecule has 106 valence electrons. The van der Waals surface area contributed by atoms with Crippen molar-refractivity contribution >= 4 is 0 Å². The lowest BCUT2D eigenvalue weighted by molar-refractivity contribution is 0.0286. The molecule has 1 aliphatic rings. The summed E-state index contributed by atoms with van der Waals surface area (Å²) in [5.41, 5.74) is 1.41. The monoisotopic (exact) mass is 262 g/mol. The highest BCUT2D eigenvalue weighted by Crippen LogP contribution is 2.24. The summed E-state index contributed by atoms with van der Waals surface area (Å²) < 4.78 is 5.66. The maximum atomic E-state index is 5.66. The lowest BCUT2D eigenvalue weighted by Gasteiger charge is -2.42. The first-order valence-electron chi connectivity index (χ1n) is 7.28. The fourth-order valence-corrected chi connectivity index (χ4v) is 2.93. The molecule has 1 aromatic carbocycles. The molecule has 1 N–H and O–H groups in total. The highest BCUT2D eigenvalue weighted by Gasteiger charge is 2.32. The molecule has 2 atom stereocenters. The number of benzene rings is 1. The molecular weight excluding hydrogens is 236 g/mol. The van der Waals surface area contributed by atoms with Crippen LogP contribution in [0.5, 0.6) is 0 Å². The van der Waals surface area contributed by atoms with Gasteiger partial charge in [-0.2, -0.15) is 0 Å². The van der Waals surface area contributed by atoms with Crippen LogP contribution < -0.4 is 5.32 Å². The van der Waals surface area contributed by atoms with E-state index in [1.54, 1.807) is 0 Å². The number of ether oxygens (including phenoxy) is 1. The van der Waals surface area contributed by atoms with E-state index in [2.05, 4.69) is 61.3 Å². The van der Waals surface area contributed by atoms with Gasteiger partial charge in [0.2, 0.25) is 0 Å². The summed E-state index contributed by atoms with van der Waals surface area (Å²) in [5.74, 6) is 0. The normalized spacial score (nSPS) is 26.3. The predicted molar refractivity (Wildman–Crippen MR) is 79.3 cm³/mol. The molecule has 1 saturated heterocycles. The van der Waals surface area contributed by atoms with Gasteiger partial charge in [-0.3, -0.25) is 4.90 Å². The van der Waals surface area contributed by atoms with E-state index >= 15 is 0 Å². The Labute approximate surface area is 116 Å². The molecule has 1 heterocycles. The Hall–Kier alpha value is -0.900. The summed E-state index contributed by atoms with van der Waals surface area (Å²) in [6.45, 7) is 11.5. The van der Waals surface area contributed by atoms with E-state index in [-0.39, 0.29) is 5.54 Å². The van der Waals surface area contributed by atoms with Crippen LogP contribution in [0.15, 0.2) is 30.3 Å². The first-order chi connectivity index (χ1) is 9.14. The molecule has 3 nitrogen and oxygen atoms in total. The van der Waals surface area contributed by atoms with Gasteiger partial charge >= 0.3 is 0 Å². The van der Waals surface area contributed by atoms with Crippen LogP contribution in [-0.2, 0) is 10.3 Å². The first kappa shape index (κ1) is 14.5. The maximum Gasteiger partial charge on any atom is 0.0673 e. The van der Waals surface area contributed by atoms with Gasteiger partial charge in [-0.15, -0.1) is 0 Å². The molecule has 19 heavy (non-hydrogen) atoms. The highest BCUT2D eigenvalue weighted by molar-refractivity contribution is 5.24. The summed E-state index contributed by atoms with van der Waals surface area (Å²) >= 11 is 0. The summed E-state index contributed by atoms with van der Waals surface area (Å²) in [5, 5.41) is 3.66. The van der Waals surface area contributed by atoms with Crippen molar-refractivity contribution in [2.24, 2.45) is 0 Å². The van der Waals surface area contributed by atoms with Crippen molar-refractivity contribution in [2.75, 3.05) is 32.8 Å². The zero-order chi connectivity index (χ0) is 13.7. The number of hydrogen-bond acceptors (Lipinski definition) is 3. The SMILES string of the molecule is CCOC(C)CN1CCNC(C)(c2ccccc2)C1. The highest BCUT2D eigenvalue weighted by atomic mass is 16.5. The maximum absolute atomic E-state index is 5.66. The molecule has 0 saturated carbocycles. The molecule has 0 bridgehead atoms. The molecule has 0 amide bonds. The Morgan fingerprint density at radius 2 is 2.11 bits per heavy atom. The van der Waals surface area contributed by atoms with Gasteiger partial charge in [0, 0.05) is 32.8 Å². The average Bonchev–Trinajstić information content (AvgIpc) is 2.40. The van der Waals surface area contributed by atoms with Crippen LogP contribution in [0.25, 0.3) is 0 Å². The fourth-order valence-electron chi connectivity index (χ4n) is 2.93. The van der Waals surface area contributed by atoms with Gasteiger partial charge in [0.1, 0.15) is 0 Å². The molecule has 1 fully saturated rings. The van der Waals surface area contributed by atoms with Gasteiger partial charge in [0.25, 0.3) is 0 Å². The number of rotatable bonds is 5. The van der Waals surface area contributed by atoms with E-state index in [0.717, 1.165) is 32.8 Å². The third kappa shape index (κ3) is 3.78. The Bertz CT molecular complexity index is 382. The number of hydrogen-bond donors (Lipinski definition) is 1. The van der Waals surface area contributed by atoms with Gasteiger partial charge in [0.05, 0.1) is 11.6 Å². The average molecular weight is 262 g/mol. The summed E-state index contributed by atoms with van der Waals surface area (Å²) in [4.78, 5) is 2.50. The van der Waals surface area contributed by atoms with Crippen LogP contribution in [-0.4, -0.2) is 43.8 Å². The summed E-state index contributed by atoms with van der Waals surface area (Å²) in [7, 11) is 0. The van der Waals surface area contributed by atoms with E-state index in [1.165, 1.54) is 5.56 Å². The first-order valence-corrected chi connectivity index (χ1v) is 7.28. The van der Waals surface area contributed by atoms with Gasteiger partial charge in [-0.25, -0.2) is 0 Å². The molecule has 3 heteroatoms. The van der Waals surface area contributed by atoms with E-state index in [1.807, 2.05) is 0 Å². The Morgan fingerprint density at radius 1 is 1.37 bits per heavy atom. The van der Waals surface area contributed by atoms with Crippen molar-refractivity contribution in [1.82, 2.24) is 10.2 Å². The van der Waals surface area contributed by atoms with Crippen LogP contribution in [0.4, 0.5) is 0 Å². The fraction of sp³-hybridized carbons (Fsp3) is 0.625. The quantitative estimate of drug-likeness (QED) is 0.880. The van der Waals surface area contributed by atoms with Gasteiger partial charge in [-0.05, 0) is 26.3 Å². The molecule has 0 spiro atoms. The number of nitrogens with zero attached hydrogens (tertiary/aromatic N) is 1. The van der Waals surface area contributed by atoms with Gasteiger partial charge in [0.15, 0.2) is 0 Å². The van der Waals surface area contributed by atoms with E-state index in [9.17, 15) is 0 Å². The Balaban J connectivity index is 2.00. The van der Waals surface area contributed by atoms with Gasteiger partial charge < -0.3 is 10.1 Å². The summed E-state index contributed by atoms with van der Waals surface area (Å²) in [6, 6.07) is 10.7. The molecule has 0 radical (unpaired) electrons. The molecule has 2 unspecified atom stereocenters. The minimum absolute atomic E-state index is 0.0471. The van der Waals surface area contributed by atoms with Gasteiger partial charge in [-0.1, -0.05) is 30.3 Å². The van der Waals surface area contributed by atoms with Crippen LogP contribution in [0.3, 0.4) is 0 Å². The minimum Gasteiger partial charge on any atom is -0.377 e. The van der Waals surface area contributed by atoms with Crippen molar-refractivity contribution in [3.63, 3.8) is 0 Å². The minimum atomic E-state index is 0.0471. The Morgan fingerprint density at radius 3 is 2.79 bits per heavy atom. The van der Waals surface area contributed by atoms with E-state index in [0.29, 0.717) is 6.10 Å². The topological polar surface area (TPSA) is 24.5 Å². The smallest absolute Gasteiger partial charge is 0.0673 e. The standard InChI is InChI=1S/C16H26N2O/c1-4-19-14(2)12-18-11-10-17-16(3,13-18)15-8-6-5-7-9-15/h5-9,14,17H,4,10-13H2,1-3H3. The van der Waals surface area contributed by atoms with Crippen molar-refractivity contribution in [1.29, 1.82) is 0 Å². The number of nitrogens with one attached hydrogen (secondary N) is 1. The van der Waals surface area contributed by atoms with Crippen LogP contribution in [0.1, 0.15) is 26.3 Å². The molecule has 0 aromatic heterocycles. The molecule has 1 aromatic rings. The van der Waals surface area contributed by atoms with Crippen molar-refractivity contribution in [2.45, 2.75) is 32.4 Å². The summed E-state index contributed by atoms with van der Waals surface area (Å²) in [6.07, 6.45) is 0.308. The second-order valence-corrected chi connectivity index (χ2v) is 5.63. The van der Waals surface area contributed by atoms with Crippen molar-refractivity contribution in [3.05, 3.63) is 35.9 Å². The largest absolute Gasteiger partial charge is 0.377 e. The van der Waals surface area contributed by atoms with E-state index < -0.39 is 0 Å². The van der Waals surface area contributed by atoms with Crippen molar-refractivity contribution < 1.29 is 4.74 Å². The molecule has 0 aliphatic carbocycles. The lowest BCUT2D eigenvalue weighted by atomic mass is 9.89. The Kier molecular flexibility index (Phi) is 4.97. The zero-order valence-corrected chi connectivity index (χ0v) is 12.4. The second-order valence-electron chi connectivity index (χ2n) is 5.63. The van der Waals surface area contributed by atoms with Crippen molar-refractivity contribution in [3.8, 4) is 0 Å². The molecule has 1 aliphatic heterocycles. The van der Waals surface area contributed by atoms with Crippen LogP contribution in [0, 0.1) is 0 Å². The third-order valence-electron chi connectivity index (χ3n) is 3.86. The van der Waals surface area contributed by atoms with Crippen LogP contribution in [0.2, 0.25) is 0 Å². The lowest BCUT2D eigenvalue weighted by Crippen LogP contribution is -2.57.